The molecule has 112 valence electrons. The van der Waals surface area contributed by atoms with E-state index in [0.717, 1.165) is 16.5 Å². The summed E-state index contributed by atoms with van der Waals surface area (Å²) in [7, 11) is 1.59. The summed E-state index contributed by atoms with van der Waals surface area (Å²) in [4.78, 5) is 0. The van der Waals surface area contributed by atoms with Crippen molar-refractivity contribution in [1.29, 1.82) is 0 Å². The van der Waals surface area contributed by atoms with Gasteiger partial charge in [-0.15, -0.1) is 0 Å². The van der Waals surface area contributed by atoms with E-state index in [1.807, 2.05) is 24.3 Å². The molecule has 0 aliphatic rings. The second-order valence-corrected chi connectivity index (χ2v) is 5.80. The zero-order valence-electron chi connectivity index (χ0n) is 12.3. The van der Waals surface area contributed by atoms with E-state index in [4.69, 9.17) is 4.74 Å². The monoisotopic (exact) mass is 349 g/mol. The van der Waals surface area contributed by atoms with Gasteiger partial charge in [-0.1, -0.05) is 41.1 Å². The van der Waals surface area contributed by atoms with Gasteiger partial charge in [0, 0.05) is 28.7 Å². The van der Waals surface area contributed by atoms with Crippen LogP contribution in [0.15, 0.2) is 46.9 Å². The Hall–Kier alpha value is -1.52. The van der Waals surface area contributed by atoms with Gasteiger partial charge >= 0.3 is 0 Å². The van der Waals surface area contributed by atoms with Crippen LogP contribution in [0, 0.1) is 0 Å². The summed E-state index contributed by atoms with van der Waals surface area (Å²) in [6.07, 6.45) is 0.985. The summed E-state index contributed by atoms with van der Waals surface area (Å²) in [5, 5.41) is 13.5. The molecule has 0 aliphatic heterocycles. The highest BCUT2D eigenvalue weighted by Crippen LogP contribution is 2.25. The Kier molecular flexibility index (Phi) is 5.65. The summed E-state index contributed by atoms with van der Waals surface area (Å²) in [6.45, 7) is 2.76. The lowest BCUT2D eigenvalue weighted by Gasteiger charge is -2.18. The molecule has 0 aromatic heterocycles. The van der Waals surface area contributed by atoms with Gasteiger partial charge in [-0.2, -0.15) is 0 Å². The first kappa shape index (κ1) is 15.9. The Morgan fingerprint density at radius 3 is 2.48 bits per heavy atom. The van der Waals surface area contributed by atoms with Crippen molar-refractivity contribution in [3.8, 4) is 11.5 Å². The third kappa shape index (κ3) is 4.22. The topological polar surface area (TPSA) is 41.5 Å². The largest absolute Gasteiger partial charge is 0.507 e. The Labute approximate surface area is 134 Å². The minimum absolute atomic E-state index is 0.257. The molecule has 2 aromatic rings. The summed E-state index contributed by atoms with van der Waals surface area (Å²) in [5.74, 6) is 0.920. The van der Waals surface area contributed by atoms with Crippen LogP contribution in [-0.4, -0.2) is 12.2 Å². The molecule has 0 saturated heterocycles. The van der Waals surface area contributed by atoms with Gasteiger partial charge in [0.25, 0.3) is 0 Å². The van der Waals surface area contributed by atoms with Crippen LogP contribution in [0.1, 0.15) is 30.5 Å². The molecule has 0 bridgehead atoms. The molecule has 0 saturated carbocycles. The number of aromatic hydroxyl groups is 1. The molecule has 1 atom stereocenters. The maximum atomic E-state index is 9.99. The van der Waals surface area contributed by atoms with Crippen LogP contribution >= 0.6 is 15.9 Å². The zero-order chi connectivity index (χ0) is 15.2. The highest BCUT2D eigenvalue weighted by atomic mass is 79.9. The molecule has 0 heterocycles. The standard InChI is InChI=1S/C17H20BrNO2/c1-3-16(12-4-7-14(18)8-5-12)19-11-13-6-9-15(21-2)10-17(13)20/h4-10,16,19-20H,3,11H2,1-2H3. The summed E-state index contributed by atoms with van der Waals surface area (Å²) in [5.41, 5.74) is 2.11. The van der Waals surface area contributed by atoms with E-state index in [9.17, 15) is 5.11 Å². The van der Waals surface area contributed by atoms with Crippen LogP contribution in [0.2, 0.25) is 0 Å². The SMILES string of the molecule is CCC(NCc1ccc(OC)cc1O)c1ccc(Br)cc1. The number of hydrogen-bond donors (Lipinski definition) is 2. The number of benzene rings is 2. The van der Waals surface area contributed by atoms with E-state index >= 15 is 0 Å². The highest BCUT2D eigenvalue weighted by molar-refractivity contribution is 9.10. The summed E-state index contributed by atoms with van der Waals surface area (Å²) in [6, 6.07) is 14.0. The van der Waals surface area contributed by atoms with Crippen molar-refractivity contribution in [3.05, 3.63) is 58.1 Å². The molecule has 2 N–H and O–H groups in total. The van der Waals surface area contributed by atoms with E-state index in [0.29, 0.717) is 12.3 Å². The molecule has 0 spiro atoms. The average Bonchev–Trinajstić information content (AvgIpc) is 2.50. The van der Waals surface area contributed by atoms with Crippen molar-refractivity contribution in [2.45, 2.75) is 25.9 Å². The fourth-order valence-corrected chi connectivity index (χ4v) is 2.51. The first-order chi connectivity index (χ1) is 10.1. The van der Waals surface area contributed by atoms with Gasteiger partial charge in [0.15, 0.2) is 0 Å². The van der Waals surface area contributed by atoms with Crippen molar-refractivity contribution in [1.82, 2.24) is 5.32 Å². The van der Waals surface area contributed by atoms with Gasteiger partial charge in [-0.25, -0.2) is 0 Å². The maximum Gasteiger partial charge on any atom is 0.123 e. The second-order valence-electron chi connectivity index (χ2n) is 4.89. The van der Waals surface area contributed by atoms with Crippen LogP contribution in [-0.2, 0) is 6.54 Å². The van der Waals surface area contributed by atoms with E-state index < -0.39 is 0 Å². The number of ether oxygens (including phenoxy) is 1. The number of hydrogen-bond acceptors (Lipinski definition) is 3. The van der Waals surface area contributed by atoms with Crippen LogP contribution in [0.3, 0.4) is 0 Å². The van der Waals surface area contributed by atoms with Gasteiger partial charge in [-0.05, 0) is 30.2 Å². The van der Waals surface area contributed by atoms with Crippen LogP contribution in [0.5, 0.6) is 11.5 Å². The normalized spacial score (nSPS) is 12.1. The van der Waals surface area contributed by atoms with E-state index in [-0.39, 0.29) is 11.8 Å². The lowest BCUT2D eigenvalue weighted by molar-refractivity contribution is 0.405. The smallest absolute Gasteiger partial charge is 0.123 e. The predicted octanol–water partition coefficient (Wildman–Crippen LogP) is 4.40. The second kappa shape index (κ2) is 7.48. The number of phenols is 1. The highest BCUT2D eigenvalue weighted by Gasteiger charge is 2.10. The van der Waals surface area contributed by atoms with Crippen molar-refractivity contribution in [3.63, 3.8) is 0 Å². The molecule has 4 heteroatoms. The molecule has 0 radical (unpaired) electrons. The van der Waals surface area contributed by atoms with Gasteiger partial charge in [0.2, 0.25) is 0 Å². The molecule has 0 amide bonds. The molecular weight excluding hydrogens is 330 g/mol. The lowest BCUT2D eigenvalue weighted by atomic mass is 10.0. The van der Waals surface area contributed by atoms with Gasteiger partial charge in [-0.3, -0.25) is 0 Å². The minimum Gasteiger partial charge on any atom is -0.507 e. The molecule has 21 heavy (non-hydrogen) atoms. The number of rotatable bonds is 6. The quantitative estimate of drug-likeness (QED) is 0.811. The number of nitrogens with one attached hydrogen (secondary N) is 1. The molecule has 2 aromatic carbocycles. The minimum atomic E-state index is 0.257. The van der Waals surface area contributed by atoms with Gasteiger partial charge < -0.3 is 15.2 Å². The maximum absolute atomic E-state index is 9.99. The van der Waals surface area contributed by atoms with Crippen LogP contribution in [0.25, 0.3) is 0 Å². The van der Waals surface area contributed by atoms with Gasteiger partial charge in [0.1, 0.15) is 11.5 Å². The van der Waals surface area contributed by atoms with Crippen molar-refractivity contribution >= 4 is 15.9 Å². The molecule has 3 nitrogen and oxygen atoms in total. The lowest BCUT2D eigenvalue weighted by Crippen LogP contribution is -2.20. The van der Waals surface area contributed by atoms with E-state index in [1.54, 1.807) is 13.2 Å². The number of halogens is 1. The van der Waals surface area contributed by atoms with Gasteiger partial charge in [0.05, 0.1) is 7.11 Å². The zero-order valence-corrected chi connectivity index (χ0v) is 13.9. The molecular formula is C17H20BrNO2. The third-order valence-electron chi connectivity index (χ3n) is 3.51. The third-order valence-corrected chi connectivity index (χ3v) is 4.04. The Morgan fingerprint density at radius 2 is 1.90 bits per heavy atom. The fraction of sp³-hybridized carbons (Fsp3) is 0.294. The van der Waals surface area contributed by atoms with Crippen LogP contribution < -0.4 is 10.1 Å². The molecule has 2 rings (SSSR count). The number of methoxy groups -OCH3 is 1. The van der Waals surface area contributed by atoms with Crippen LogP contribution in [0.4, 0.5) is 0 Å². The molecule has 0 fully saturated rings. The van der Waals surface area contributed by atoms with Crippen molar-refractivity contribution in [2.75, 3.05) is 7.11 Å². The first-order valence-electron chi connectivity index (χ1n) is 6.98. The predicted molar refractivity (Wildman–Crippen MR) is 88.7 cm³/mol. The van der Waals surface area contributed by atoms with Crippen molar-refractivity contribution < 1.29 is 9.84 Å². The molecule has 1 unspecified atom stereocenters. The first-order valence-corrected chi connectivity index (χ1v) is 7.78. The summed E-state index contributed by atoms with van der Waals surface area (Å²) < 4.78 is 6.17. The van der Waals surface area contributed by atoms with Crippen molar-refractivity contribution in [2.24, 2.45) is 0 Å². The Balaban J connectivity index is 2.04. The van der Waals surface area contributed by atoms with E-state index in [1.165, 1.54) is 5.56 Å². The average molecular weight is 350 g/mol. The summed E-state index contributed by atoms with van der Waals surface area (Å²) >= 11 is 3.45. The molecule has 0 aliphatic carbocycles. The number of phenolic OH excluding ortho intramolecular Hbond substituents is 1. The van der Waals surface area contributed by atoms with E-state index in [2.05, 4.69) is 40.3 Å². The fourth-order valence-electron chi connectivity index (χ4n) is 2.25. The Morgan fingerprint density at radius 1 is 1.19 bits per heavy atom. The Bertz CT molecular complexity index is 584.